The van der Waals surface area contributed by atoms with Crippen LogP contribution in [-0.4, -0.2) is 16.8 Å². The summed E-state index contributed by atoms with van der Waals surface area (Å²) in [7, 11) is 0. The summed E-state index contributed by atoms with van der Waals surface area (Å²) < 4.78 is 29.3. The normalized spacial score (nSPS) is 13.3. The second-order valence-electron chi connectivity index (χ2n) is 5.75. The Labute approximate surface area is 149 Å². The number of ether oxygens (including phenoxy) is 3. The van der Waals surface area contributed by atoms with Gasteiger partial charge in [0.1, 0.15) is 11.6 Å². The summed E-state index contributed by atoms with van der Waals surface area (Å²) in [6.07, 6.45) is 1.60. The van der Waals surface area contributed by atoms with Gasteiger partial charge in [-0.25, -0.2) is 9.37 Å². The Morgan fingerprint density at radius 2 is 1.88 bits per heavy atom. The monoisotopic (exact) mass is 353 g/mol. The third-order valence-corrected chi connectivity index (χ3v) is 3.91. The fraction of sp³-hybridized carbons (Fsp3) is 0.158. The molecule has 1 aliphatic heterocycles. The molecule has 1 unspecified atom stereocenters. The first-order valence-electron chi connectivity index (χ1n) is 8.10. The standard InChI is InChI=1S/C19H16FN3O3/c1-12(13-2-7-16-17(10-13)25-11-24-16)22-19-21-9-8-18(23-19)26-15-5-3-14(20)4-6-15/h2-10,12H,11H2,1H3,(H,21,22,23). The molecule has 1 N–H and O–H groups in total. The van der Waals surface area contributed by atoms with Gasteiger partial charge in [0.05, 0.1) is 6.04 Å². The summed E-state index contributed by atoms with van der Waals surface area (Å²) in [6.45, 7) is 2.24. The number of hydrogen-bond acceptors (Lipinski definition) is 6. The van der Waals surface area contributed by atoms with E-state index in [0.29, 0.717) is 17.6 Å². The van der Waals surface area contributed by atoms with E-state index in [2.05, 4.69) is 15.3 Å². The Bertz CT molecular complexity index is 918. The lowest BCUT2D eigenvalue weighted by Crippen LogP contribution is -2.09. The first kappa shape index (κ1) is 16.1. The number of fused-ring (bicyclic) bond motifs is 1. The quantitative estimate of drug-likeness (QED) is 0.737. The maximum absolute atomic E-state index is 13.0. The molecule has 3 aromatic rings. The van der Waals surface area contributed by atoms with Gasteiger partial charge in [-0.05, 0) is 48.9 Å². The molecule has 0 amide bonds. The molecule has 4 rings (SSSR count). The van der Waals surface area contributed by atoms with Gasteiger partial charge in [-0.3, -0.25) is 0 Å². The van der Waals surface area contributed by atoms with Crippen molar-refractivity contribution in [2.24, 2.45) is 0 Å². The third kappa shape index (κ3) is 3.51. The van der Waals surface area contributed by atoms with E-state index in [1.165, 1.54) is 12.1 Å². The van der Waals surface area contributed by atoms with Crippen LogP contribution >= 0.6 is 0 Å². The van der Waals surface area contributed by atoms with Crippen LogP contribution in [0.25, 0.3) is 0 Å². The fourth-order valence-electron chi connectivity index (χ4n) is 2.55. The van der Waals surface area contributed by atoms with Gasteiger partial charge in [0, 0.05) is 12.3 Å². The zero-order valence-corrected chi connectivity index (χ0v) is 14.0. The van der Waals surface area contributed by atoms with Crippen molar-refractivity contribution in [2.75, 3.05) is 12.1 Å². The number of anilines is 1. The molecule has 6 nitrogen and oxygen atoms in total. The predicted molar refractivity (Wildman–Crippen MR) is 93.1 cm³/mol. The van der Waals surface area contributed by atoms with Crippen LogP contribution in [0.5, 0.6) is 23.1 Å². The minimum atomic E-state index is -0.319. The van der Waals surface area contributed by atoms with Crippen molar-refractivity contribution >= 4 is 5.95 Å². The second kappa shape index (κ2) is 6.87. The highest BCUT2D eigenvalue weighted by Gasteiger charge is 2.16. The van der Waals surface area contributed by atoms with E-state index in [-0.39, 0.29) is 18.7 Å². The van der Waals surface area contributed by atoms with Crippen LogP contribution < -0.4 is 19.5 Å². The van der Waals surface area contributed by atoms with Crippen LogP contribution in [0.3, 0.4) is 0 Å². The third-order valence-electron chi connectivity index (χ3n) is 3.91. The molecule has 0 bridgehead atoms. The lowest BCUT2D eigenvalue weighted by Gasteiger charge is -2.15. The van der Waals surface area contributed by atoms with Gasteiger partial charge in [0.25, 0.3) is 0 Å². The van der Waals surface area contributed by atoms with E-state index >= 15 is 0 Å². The SMILES string of the molecule is CC(Nc1nccc(Oc2ccc(F)cc2)n1)c1ccc2c(c1)OCO2. The molecule has 2 aromatic carbocycles. The van der Waals surface area contributed by atoms with E-state index in [1.807, 2.05) is 25.1 Å². The Hall–Kier alpha value is -3.35. The van der Waals surface area contributed by atoms with Crippen LogP contribution in [0.4, 0.5) is 10.3 Å². The zero-order valence-electron chi connectivity index (χ0n) is 14.0. The van der Waals surface area contributed by atoms with E-state index < -0.39 is 0 Å². The number of hydrogen-bond donors (Lipinski definition) is 1. The molecule has 7 heteroatoms. The average molecular weight is 353 g/mol. The number of benzene rings is 2. The number of nitrogens with one attached hydrogen (secondary N) is 1. The molecule has 0 radical (unpaired) electrons. The summed E-state index contributed by atoms with van der Waals surface area (Å²) >= 11 is 0. The maximum Gasteiger partial charge on any atom is 0.231 e. The molecule has 0 saturated carbocycles. The maximum atomic E-state index is 13.0. The molecule has 2 heterocycles. The van der Waals surface area contributed by atoms with Gasteiger partial charge >= 0.3 is 0 Å². The summed E-state index contributed by atoms with van der Waals surface area (Å²) in [5.74, 6) is 2.44. The number of aromatic nitrogens is 2. The highest BCUT2D eigenvalue weighted by atomic mass is 19.1. The topological polar surface area (TPSA) is 65.5 Å². The van der Waals surface area contributed by atoms with Crippen molar-refractivity contribution in [1.82, 2.24) is 9.97 Å². The van der Waals surface area contributed by atoms with Gasteiger partial charge in [-0.15, -0.1) is 0 Å². The molecule has 26 heavy (non-hydrogen) atoms. The lowest BCUT2D eigenvalue weighted by molar-refractivity contribution is 0.174. The van der Waals surface area contributed by atoms with E-state index in [0.717, 1.165) is 17.1 Å². The van der Waals surface area contributed by atoms with Gasteiger partial charge in [0.15, 0.2) is 11.5 Å². The number of nitrogens with zero attached hydrogens (tertiary/aromatic N) is 2. The number of rotatable bonds is 5. The highest BCUT2D eigenvalue weighted by molar-refractivity contribution is 5.46. The van der Waals surface area contributed by atoms with Crippen LogP contribution in [-0.2, 0) is 0 Å². The van der Waals surface area contributed by atoms with Gasteiger partial charge in [0.2, 0.25) is 18.6 Å². The van der Waals surface area contributed by atoms with Gasteiger partial charge in [-0.2, -0.15) is 4.98 Å². The van der Waals surface area contributed by atoms with Crippen molar-refractivity contribution in [2.45, 2.75) is 13.0 Å². The molecule has 1 aromatic heterocycles. The summed E-state index contributed by atoms with van der Waals surface area (Å²) in [5, 5.41) is 3.23. The first-order chi connectivity index (χ1) is 12.7. The Kier molecular flexibility index (Phi) is 4.27. The van der Waals surface area contributed by atoms with Crippen molar-refractivity contribution in [3.63, 3.8) is 0 Å². The molecule has 132 valence electrons. The van der Waals surface area contributed by atoms with Crippen LogP contribution in [0.15, 0.2) is 54.7 Å². The molecular formula is C19H16FN3O3. The highest BCUT2D eigenvalue weighted by Crippen LogP contribution is 2.34. The smallest absolute Gasteiger partial charge is 0.231 e. The zero-order chi connectivity index (χ0) is 17.9. The van der Waals surface area contributed by atoms with Crippen LogP contribution in [0.2, 0.25) is 0 Å². The van der Waals surface area contributed by atoms with E-state index in [9.17, 15) is 4.39 Å². The van der Waals surface area contributed by atoms with Crippen LogP contribution in [0.1, 0.15) is 18.5 Å². The molecule has 0 fully saturated rings. The second-order valence-corrected chi connectivity index (χ2v) is 5.75. The van der Waals surface area contributed by atoms with Gasteiger partial charge < -0.3 is 19.5 Å². The van der Waals surface area contributed by atoms with Gasteiger partial charge in [-0.1, -0.05) is 6.07 Å². The Morgan fingerprint density at radius 1 is 1.08 bits per heavy atom. The van der Waals surface area contributed by atoms with Crippen molar-refractivity contribution < 1.29 is 18.6 Å². The molecular weight excluding hydrogens is 337 g/mol. The minimum Gasteiger partial charge on any atom is -0.454 e. The molecule has 0 saturated heterocycles. The summed E-state index contributed by atoms with van der Waals surface area (Å²) in [4.78, 5) is 8.55. The van der Waals surface area contributed by atoms with Crippen molar-refractivity contribution in [3.8, 4) is 23.1 Å². The van der Waals surface area contributed by atoms with Crippen LogP contribution in [0, 0.1) is 5.82 Å². The van der Waals surface area contributed by atoms with E-state index in [1.54, 1.807) is 24.4 Å². The number of halogens is 1. The molecule has 1 aliphatic rings. The summed E-state index contributed by atoms with van der Waals surface area (Å²) in [5.41, 5.74) is 1.02. The minimum absolute atomic E-state index is 0.0504. The predicted octanol–water partition coefficient (Wildman–Crippen LogP) is 4.31. The first-order valence-corrected chi connectivity index (χ1v) is 8.10. The largest absolute Gasteiger partial charge is 0.454 e. The fourth-order valence-corrected chi connectivity index (χ4v) is 2.55. The van der Waals surface area contributed by atoms with E-state index in [4.69, 9.17) is 14.2 Å². The summed E-state index contributed by atoms with van der Waals surface area (Å²) in [6, 6.07) is 13.1. The average Bonchev–Trinajstić information content (AvgIpc) is 3.12. The molecule has 0 aliphatic carbocycles. The molecule has 0 spiro atoms. The molecule has 1 atom stereocenters. The Morgan fingerprint density at radius 3 is 2.73 bits per heavy atom. The lowest BCUT2D eigenvalue weighted by atomic mass is 10.1. The van der Waals surface area contributed by atoms with Crippen molar-refractivity contribution in [3.05, 3.63) is 66.1 Å². The van der Waals surface area contributed by atoms with Crippen molar-refractivity contribution in [1.29, 1.82) is 0 Å². The Balaban J connectivity index is 1.47.